The standard InChI is InChI=1S/C16H24N2OS/c1-2-9-18(15-6-4-3-5-14(15)17)16(19)12-13-7-10-20-11-8-13/h3-6,13H,2,7-12,17H2,1H3. The predicted molar refractivity (Wildman–Crippen MR) is 88.2 cm³/mol. The maximum absolute atomic E-state index is 12.6. The zero-order valence-electron chi connectivity index (χ0n) is 12.2. The lowest BCUT2D eigenvalue weighted by molar-refractivity contribution is -0.119. The minimum Gasteiger partial charge on any atom is -0.397 e. The number of amides is 1. The van der Waals surface area contributed by atoms with Gasteiger partial charge in [0.25, 0.3) is 0 Å². The molecule has 2 rings (SSSR count). The molecule has 1 aliphatic heterocycles. The van der Waals surface area contributed by atoms with Gasteiger partial charge in [-0.2, -0.15) is 11.8 Å². The van der Waals surface area contributed by atoms with Crippen molar-refractivity contribution in [1.29, 1.82) is 0 Å². The lowest BCUT2D eigenvalue weighted by atomic mass is 9.98. The molecule has 0 aliphatic carbocycles. The Morgan fingerprint density at radius 2 is 2.05 bits per heavy atom. The van der Waals surface area contributed by atoms with Crippen LogP contribution in [-0.4, -0.2) is 24.0 Å². The van der Waals surface area contributed by atoms with Gasteiger partial charge >= 0.3 is 0 Å². The number of carbonyl (C=O) groups excluding carboxylic acids is 1. The second kappa shape index (κ2) is 7.58. The molecule has 1 aromatic rings. The molecule has 3 nitrogen and oxygen atoms in total. The van der Waals surface area contributed by atoms with Crippen LogP contribution in [0.5, 0.6) is 0 Å². The van der Waals surface area contributed by atoms with Crippen molar-refractivity contribution in [3.05, 3.63) is 24.3 Å². The summed E-state index contributed by atoms with van der Waals surface area (Å²) < 4.78 is 0. The van der Waals surface area contributed by atoms with E-state index in [2.05, 4.69) is 6.92 Å². The van der Waals surface area contributed by atoms with Crippen molar-refractivity contribution in [3.63, 3.8) is 0 Å². The molecule has 110 valence electrons. The first-order valence-corrected chi connectivity index (χ1v) is 8.60. The van der Waals surface area contributed by atoms with Crippen molar-refractivity contribution < 1.29 is 4.79 Å². The number of hydrogen-bond donors (Lipinski definition) is 1. The Labute approximate surface area is 125 Å². The summed E-state index contributed by atoms with van der Waals surface area (Å²) in [6, 6.07) is 7.66. The van der Waals surface area contributed by atoms with Crippen LogP contribution in [0.4, 0.5) is 11.4 Å². The van der Waals surface area contributed by atoms with Crippen molar-refractivity contribution in [2.75, 3.05) is 28.7 Å². The van der Waals surface area contributed by atoms with Gasteiger partial charge in [-0.1, -0.05) is 19.1 Å². The van der Waals surface area contributed by atoms with Crippen molar-refractivity contribution >= 4 is 29.0 Å². The third-order valence-corrected chi connectivity index (χ3v) is 4.83. The van der Waals surface area contributed by atoms with E-state index in [0.717, 1.165) is 18.7 Å². The van der Waals surface area contributed by atoms with Crippen LogP contribution < -0.4 is 10.6 Å². The zero-order valence-corrected chi connectivity index (χ0v) is 13.0. The number of para-hydroxylation sites is 2. The number of thioether (sulfide) groups is 1. The number of anilines is 2. The van der Waals surface area contributed by atoms with Crippen molar-refractivity contribution in [2.24, 2.45) is 5.92 Å². The number of nitrogens with zero attached hydrogens (tertiary/aromatic N) is 1. The van der Waals surface area contributed by atoms with E-state index in [9.17, 15) is 4.79 Å². The van der Waals surface area contributed by atoms with E-state index >= 15 is 0 Å². The number of carbonyl (C=O) groups is 1. The fourth-order valence-corrected chi connectivity index (χ4v) is 3.85. The quantitative estimate of drug-likeness (QED) is 0.844. The monoisotopic (exact) mass is 292 g/mol. The van der Waals surface area contributed by atoms with E-state index in [1.165, 1.54) is 24.3 Å². The molecule has 0 atom stereocenters. The predicted octanol–water partition coefficient (Wildman–Crippen LogP) is 3.55. The van der Waals surface area contributed by atoms with Gasteiger partial charge in [-0.05, 0) is 48.8 Å². The number of rotatable bonds is 5. The summed E-state index contributed by atoms with van der Waals surface area (Å²) in [4.78, 5) is 14.5. The summed E-state index contributed by atoms with van der Waals surface area (Å²) >= 11 is 2.00. The van der Waals surface area contributed by atoms with Crippen LogP contribution in [-0.2, 0) is 4.79 Å². The van der Waals surface area contributed by atoms with Crippen LogP contribution in [0, 0.1) is 5.92 Å². The van der Waals surface area contributed by atoms with Crippen LogP contribution in [0.3, 0.4) is 0 Å². The van der Waals surface area contributed by atoms with Gasteiger partial charge in [0.15, 0.2) is 0 Å². The summed E-state index contributed by atoms with van der Waals surface area (Å²) in [6.45, 7) is 2.84. The highest BCUT2D eigenvalue weighted by molar-refractivity contribution is 7.99. The van der Waals surface area contributed by atoms with Gasteiger partial charge in [-0.3, -0.25) is 4.79 Å². The average molecular weight is 292 g/mol. The molecule has 1 aliphatic rings. The fraction of sp³-hybridized carbons (Fsp3) is 0.562. The minimum absolute atomic E-state index is 0.224. The lowest BCUT2D eigenvalue weighted by Crippen LogP contribution is -2.34. The van der Waals surface area contributed by atoms with Crippen molar-refractivity contribution in [1.82, 2.24) is 0 Å². The molecular weight excluding hydrogens is 268 g/mol. The Kier molecular flexibility index (Phi) is 5.77. The van der Waals surface area contributed by atoms with E-state index in [0.29, 0.717) is 18.0 Å². The van der Waals surface area contributed by atoms with Gasteiger partial charge in [0, 0.05) is 13.0 Å². The van der Waals surface area contributed by atoms with Crippen LogP contribution in [0.25, 0.3) is 0 Å². The first-order valence-electron chi connectivity index (χ1n) is 7.45. The molecule has 0 unspecified atom stereocenters. The third kappa shape index (κ3) is 3.92. The van der Waals surface area contributed by atoms with Gasteiger partial charge in [0.2, 0.25) is 5.91 Å². The summed E-state index contributed by atoms with van der Waals surface area (Å²) in [5, 5.41) is 0. The smallest absolute Gasteiger partial charge is 0.227 e. The van der Waals surface area contributed by atoms with Gasteiger partial charge in [0.05, 0.1) is 11.4 Å². The Morgan fingerprint density at radius 3 is 2.70 bits per heavy atom. The van der Waals surface area contributed by atoms with Crippen molar-refractivity contribution in [2.45, 2.75) is 32.6 Å². The highest BCUT2D eigenvalue weighted by Crippen LogP contribution is 2.28. The number of benzene rings is 1. The molecule has 0 aromatic heterocycles. The highest BCUT2D eigenvalue weighted by Gasteiger charge is 2.22. The van der Waals surface area contributed by atoms with E-state index < -0.39 is 0 Å². The molecule has 1 fully saturated rings. The van der Waals surface area contributed by atoms with Crippen LogP contribution >= 0.6 is 11.8 Å². The molecule has 0 bridgehead atoms. The molecule has 0 spiro atoms. The van der Waals surface area contributed by atoms with Gasteiger partial charge in [0.1, 0.15) is 0 Å². The molecule has 2 N–H and O–H groups in total. The summed E-state index contributed by atoms with van der Waals surface area (Å²) in [7, 11) is 0. The Balaban J connectivity index is 2.07. The molecule has 1 saturated heterocycles. The summed E-state index contributed by atoms with van der Waals surface area (Å²) in [5.41, 5.74) is 7.58. The van der Waals surface area contributed by atoms with Crippen LogP contribution in [0.1, 0.15) is 32.6 Å². The number of nitrogens with two attached hydrogens (primary N) is 1. The fourth-order valence-electron chi connectivity index (χ4n) is 2.64. The maximum atomic E-state index is 12.6. The largest absolute Gasteiger partial charge is 0.397 e. The first-order chi connectivity index (χ1) is 9.72. The third-order valence-electron chi connectivity index (χ3n) is 3.78. The summed E-state index contributed by atoms with van der Waals surface area (Å²) in [5.74, 6) is 3.16. The Hall–Kier alpha value is -1.16. The molecule has 0 saturated carbocycles. The number of nitrogen functional groups attached to an aromatic ring is 1. The normalized spacial score (nSPS) is 16.1. The Morgan fingerprint density at radius 1 is 1.35 bits per heavy atom. The van der Waals surface area contributed by atoms with E-state index in [-0.39, 0.29) is 5.91 Å². The molecule has 1 amide bonds. The van der Waals surface area contributed by atoms with Crippen LogP contribution in [0.15, 0.2) is 24.3 Å². The lowest BCUT2D eigenvalue weighted by Gasteiger charge is -2.27. The molecule has 20 heavy (non-hydrogen) atoms. The second-order valence-electron chi connectivity index (χ2n) is 5.36. The zero-order chi connectivity index (χ0) is 14.4. The number of hydrogen-bond acceptors (Lipinski definition) is 3. The Bertz CT molecular complexity index is 444. The molecule has 1 aromatic carbocycles. The maximum Gasteiger partial charge on any atom is 0.227 e. The molecule has 0 radical (unpaired) electrons. The first kappa shape index (κ1) is 15.2. The van der Waals surface area contributed by atoms with E-state index in [1.807, 2.05) is 40.9 Å². The van der Waals surface area contributed by atoms with E-state index in [1.54, 1.807) is 0 Å². The van der Waals surface area contributed by atoms with Gasteiger partial charge < -0.3 is 10.6 Å². The SMILES string of the molecule is CCCN(C(=O)CC1CCSCC1)c1ccccc1N. The molecule has 1 heterocycles. The average Bonchev–Trinajstić information content (AvgIpc) is 2.47. The van der Waals surface area contributed by atoms with E-state index in [4.69, 9.17) is 5.73 Å². The highest BCUT2D eigenvalue weighted by atomic mass is 32.2. The summed E-state index contributed by atoms with van der Waals surface area (Å²) in [6.07, 6.45) is 3.94. The molecular formula is C16H24N2OS. The van der Waals surface area contributed by atoms with Gasteiger partial charge in [-0.15, -0.1) is 0 Å². The minimum atomic E-state index is 0.224. The topological polar surface area (TPSA) is 46.3 Å². The second-order valence-corrected chi connectivity index (χ2v) is 6.59. The van der Waals surface area contributed by atoms with Crippen molar-refractivity contribution in [3.8, 4) is 0 Å². The van der Waals surface area contributed by atoms with Crippen LogP contribution in [0.2, 0.25) is 0 Å². The van der Waals surface area contributed by atoms with Gasteiger partial charge in [-0.25, -0.2) is 0 Å². The molecule has 4 heteroatoms.